The highest BCUT2D eigenvalue weighted by Gasteiger charge is 2.35. The summed E-state index contributed by atoms with van der Waals surface area (Å²) in [6.07, 6.45) is 7.24. The van der Waals surface area contributed by atoms with E-state index in [1.807, 2.05) is 45.8 Å². The summed E-state index contributed by atoms with van der Waals surface area (Å²) < 4.78 is 15.6. The van der Waals surface area contributed by atoms with Gasteiger partial charge in [0.15, 0.2) is 0 Å². The Morgan fingerprint density at radius 3 is 1.72 bits per heavy atom. The molecule has 0 aliphatic carbocycles. The SMILES string of the molecule is O=C1NC(=O)C2=C1c1cn(c3ncccc13)CCOCCNCCOCCn1cc2c2cccnc21. The lowest BCUT2D eigenvalue weighted by molar-refractivity contribution is -0.122. The number of ether oxygens (including phenoxy) is 2. The number of pyridine rings is 2. The Balaban J connectivity index is 1.55. The van der Waals surface area contributed by atoms with E-state index in [4.69, 9.17) is 9.47 Å². The molecule has 36 heavy (non-hydrogen) atoms. The van der Waals surface area contributed by atoms with Gasteiger partial charge < -0.3 is 23.9 Å². The molecule has 4 aromatic rings. The second-order valence-corrected chi connectivity index (χ2v) is 8.73. The molecule has 0 spiro atoms. The normalized spacial score (nSPS) is 18.1. The molecule has 0 aromatic carbocycles. The Bertz CT molecular complexity index is 1390. The minimum Gasteiger partial charge on any atom is -0.378 e. The lowest BCUT2D eigenvalue weighted by Gasteiger charge is -2.09. The molecule has 10 nitrogen and oxygen atoms in total. The van der Waals surface area contributed by atoms with Crippen LogP contribution < -0.4 is 10.6 Å². The van der Waals surface area contributed by atoms with Gasteiger partial charge in [-0.05, 0) is 24.3 Å². The Hall–Kier alpha value is -3.86. The summed E-state index contributed by atoms with van der Waals surface area (Å²) in [5.74, 6) is -0.835. The third-order valence-electron chi connectivity index (χ3n) is 6.54. The van der Waals surface area contributed by atoms with E-state index in [9.17, 15) is 9.59 Å². The molecule has 184 valence electrons. The number of nitrogens with zero attached hydrogens (tertiary/aromatic N) is 4. The smallest absolute Gasteiger partial charge is 0.259 e. The molecule has 6 heterocycles. The number of carbonyl (C=O) groups is 2. The standard InChI is InChI=1S/C26H26N6O4/c33-25-21-19-15-31(23-17(19)3-1-5-28-23)9-13-35-11-7-27-8-12-36-14-10-32-16-20(22(21)26(34)30-25)18-4-2-6-29-24(18)32/h1-6,15-16,27H,7-14H2,(H,30,33,34). The largest absolute Gasteiger partial charge is 0.378 e. The molecular weight excluding hydrogens is 460 g/mol. The fraction of sp³-hybridized carbons (Fsp3) is 0.308. The van der Waals surface area contributed by atoms with Crippen LogP contribution in [0.2, 0.25) is 0 Å². The summed E-state index contributed by atoms with van der Waals surface area (Å²) in [5.41, 5.74) is 3.51. The molecule has 0 saturated carbocycles. The van der Waals surface area contributed by atoms with Gasteiger partial charge in [0.1, 0.15) is 11.3 Å². The van der Waals surface area contributed by atoms with Gasteiger partial charge in [-0.2, -0.15) is 0 Å². The van der Waals surface area contributed by atoms with E-state index in [0.29, 0.717) is 61.8 Å². The second kappa shape index (κ2) is 9.65. The summed E-state index contributed by atoms with van der Waals surface area (Å²) in [5, 5.41) is 7.45. The molecule has 0 atom stereocenters. The number of aromatic nitrogens is 4. The summed E-state index contributed by atoms with van der Waals surface area (Å²) in [6.45, 7) is 4.74. The molecule has 2 aliphatic heterocycles. The fourth-order valence-electron chi connectivity index (χ4n) is 4.90. The minimum absolute atomic E-state index is 0.346. The van der Waals surface area contributed by atoms with Gasteiger partial charge in [0.05, 0.1) is 37.6 Å². The zero-order valence-corrected chi connectivity index (χ0v) is 19.7. The highest BCUT2D eigenvalue weighted by molar-refractivity contribution is 6.50. The van der Waals surface area contributed by atoms with E-state index in [2.05, 4.69) is 20.6 Å². The maximum atomic E-state index is 13.2. The van der Waals surface area contributed by atoms with Crippen LogP contribution in [0.25, 0.3) is 33.2 Å². The first-order valence-electron chi connectivity index (χ1n) is 12.1. The van der Waals surface area contributed by atoms with Crippen molar-refractivity contribution in [3.8, 4) is 0 Å². The van der Waals surface area contributed by atoms with Crippen molar-refractivity contribution in [2.45, 2.75) is 13.1 Å². The third-order valence-corrected chi connectivity index (χ3v) is 6.54. The number of hydrogen-bond acceptors (Lipinski definition) is 7. The van der Waals surface area contributed by atoms with Crippen LogP contribution in [0.5, 0.6) is 0 Å². The third kappa shape index (κ3) is 3.98. The maximum absolute atomic E-state index is 13.2. The van der Waals surface area contributed by atoms with E-state index in [0.717, 1.165) is 35.2 Å². The van der Waals surface area contributed by atoms with Crippen molar-refractivity contribution in [1.29, 1.82) is 0 Å². The Kier molecular flexibility index (Phi) is 6.06. The number of fused-ring (bicyclic) bond motifs is 12. The number of carbonyl (C=O) groups excluding carboxylic acids is 2. The topological polar surface area (TPSA) is 112 Å². The molecule has 2 aliphatic rings. The monoisotopic (exact) mass is 486 g/mol. The lowest BCUT2D eigenvalue weighted by Crippen LogP contribution is -2.25. The number of rotatable bonds is 0. The lowest BCUT2D eigenvalue weighted by atomic mass is 9.96. The zero-order valence-electron chi connectivity index (χ0n) is 19.7. The van der Waals surface area contributed by atoms with Crippen LogP contribution in [0.1, 0.15) is 11.1 Å². The van der Waals surface area contributed by atoms with E-state index in [-0.39, 0.29) is 0 Å². The van der Waals surface area contributed by atoms with Gasteiger partial charge in [-0.25, -0.2) is 9.97 Å². The molecular formula is C26H26N6O4. The van der Waals surface area contributed by atoms with Crippen LogP contribution in [0, 0.1) is 0 Å². The summed E-state index contributed by atoms with van der Waals surface area (Å²) >= 11 is 0. The van der Waals surface area contributed by atoms with Crippen LogP contribution in [0.4, 0.5) is 0 Å². The predicted molar refractivity (Wildman–Crippen MR) is 134 cm³/mol. The van der Waals surface area contributed by atoms with Crippen LogP contribution >= 0.6 is 0 Å². The first-order valence-corrected chi connectivity index (χ1v) is 12.1. The van der Waals surface area contributed by atoms with Gasteiger partial charge >= 0.3 is 0 Å². The van der Waals surface area contributed by atoms with Crippen molar-refractivity contribution >= 4 is 45.0 Å². The van der Waals surface area contributed by atoms with E-state index in [1.165, 1.54) is 0 Å². The van der Waals surface area contributed by atoms with Crippen molar-refractivity contribution in [3.63, 3.8) is 0 Å². The van der Waals surface area contributed by atoms with E-state index >= 15 is 0 Å². The summed E-state index contributed by atoms with van der Waals surface area (Å²) in [7, 11) is 0. The van der Waals surface area contributed by atoms with Gasteiger partial charge in [0.25, 0.3) is 11.8 Å². The van der Waals surface area contributed by atoms with Crippen molar-refractivity contribution in [3.05, 3.63) is 60.2 Å². The van der Waals surface area contributed by atoms with E-state index < -0.39 is 11.8 Å². The van der Waals surface area contributed by atoms with Gasteiger partial charge in [-0.3, -0.25) is 14.9 Å². The van der Waals surface area contributed by atoms with Crippen molar-refractivity contribution in [2.75, 3.05) is 39.5 Å². The maximum Gasteiger partial charge on any atom is 0.259 e. The van der Waals surface area contributed by atoms with Gasteiger partial charge in [-0.1, -0.05) is 0 Å². The highest BCUT2D eigenvalue weighted by atomic mass is 16.5. The molecule has 4 bridgehead atoms. The molecule has 0 unspecified atom stereocenters. The van der Waals surface area contributed by atoms with Gasteiger partial charge in [0.2, 0.25) is 0 Å². The first kappa shape index (κ1) is 22.6. The summed E-state index contributed by atoms with van der Waals surface area (Å²) in [6, 6.07) is 7.52. The Labute approximate surface area is 206 Å². The molecule has 0 saturated heterocycles. The van der Waals surface area contributed by atoms with Crippen molar-refractivity contribution in [1.82, 2.24) is 29.7 Å². The molecule has 6 rings (SSSR count). The molecule has 0 radical (unpaired) electrons. The number of imide groups is 1. The second-order valence-electron chi connectivity index (χ2n) is 8.73. The Morgan fingerprint density at radius 2 is 1.22 bits per heavy atom. The number of amides is 2. The number of nitrogens with one attached hydrogen (secondary N) is 2. The molecule has 2 amide bonds. The molecule has 2 N–H and O–H groups in total. The van der Waals surface area contributed by atoms with Gasteiger partial charge in [0, 0.05) is 72.9 Å². The van der Waals surface area contributed by atoms with Crippen LogP contribution in [-0.4, -0.2) is 70.4 Å². The Morgan fingerprint density at radius 1 is 0.722 bits per heavy atom. The van der Waals surface area contributed by atoms with E-state index in [1.54, 1.807) is 12.4 Å². The van der Waals surface area contributed by atoms with Crippen LogP contribution in [0.15, 0.2) is 49.1 Å². The number of hydrogen-bond donors (Lipinski definition) is 2. The molecule has 0 fully saturated rings. The summed E-state index contributed by atoms with van der Waals surface area (Å²) in [4.78, 5) is 35.5. The van der Waals surface area contributed by atoms with Crippen LogP contribution in [0.3, 0.4) is 0 Å². The van der Waals surface area contributed by atoms with Gasteiger partial charge in [-0.15, -0.1) is 0 Å². The fourth-order valence-corrected chi connectivity index (χ4v) is 4.90. The zero-order chi connectivity index (χ0) is 24.5. The molecule has 10 heteroatoms. The van der Waals surface area contributed by atoms with Crippen molar-refractivity contribution < 1.29 is 19.1 Å². The quantitative estimate of drug-likeness (QED) is 0.363. The highest BCUT2D eigenvalue weighted by Crippen LogP contribution is 2.38. The average Bonchev–Trinajstić information content (AvgIpc) is 3.52. The average molecular weight is 487 g/mol. The van der Waals surface area contributed by atoms with Crippen molar-refractivity contribution in [2.24, 2.45) is 0 Å². The first-order chi connectivity index (χ1) is 17.7. The molecule has 4 aromatic heterocycles. The predicted octanol–water partition coefficient (Wildman–Crippen LogP) is 1.59. The van der Waals surface area contributed by atoms with Crippen LogP contribution in [-0.2, 0) is 32.2 Å². The minimum atomic E-state index is -0.417.